The minimum atomic E-state index is -0.796. The predicted octanol–water partition coefficient (Wildman–Crippen LogP) is 20.3. The third-order valence-electron chi connectivity index (χ3n) is 12.5. The Morgan fingerprint density at radius 1 is 0.292 bits per heavy atom. The van der Waals surface area contributed by atoms with Crippen LogP contribution in [0.1, 0.15) is 271 Å². The van der Waals surface area contributed by atoms with Gasteiger partial charge in [-0.2, -0.15) is 0 Å². The number of hydrogen-bond donors (Lipinski definition) is 0. The minimum absolute atomic E-state index is 0.0917. The summed E-state index contributed by atoms with van der Waals surface area (Å²) in [4.78, 5) is 38.1. The van der Waals surface area contributed by atoms with Crippen LogP contribution in [0.3, 0.4) is 0 Å². The fraction of sp³-hybridized carbons (Fsp3) is 0.682. The summed E-state index contributed by atoms with van der Waals surface area (Å²) in [7, 11) is 0. The van der Waals surface area contributed by atoms with Crippen LogP contribution >= 0.6 is 0 Å². The van der Waals surface area contributed by atoms with Gasteiger partial charge in [0.2, 0.25) is 0 Å². The molecule has 0 aromatic carbocycles. The summed E-state index contributed by atoms with van der Waals surface area (Å²) in [6.07, 6.45) is 80.8. The van der Waals surface area contributed by atoms with Crippen LogP contribution in [0.15, 0.2) is 109 Å². The molecule has 0 rings (SSSR count). The first-order valence-corrected chi connectivity index (χ1v) is 29.9. The average molecular weight is 1000 g/mol. The van der Waals surface area contributed by atoms with Crippen molar-refractivity contribution in [3.63, 3.8) is 0 Å². The molecular formula is C66H110O6. The van der Waals surface area contributed by atoms with Crippen molar-refractivity contribution in [1.29, 1.82) is 0 Å². The molecule has 0 saturated heterocycles. The van der Waals surface area contributed by atoms with E-state index < -0.39 is 6.10 Å². The smallest absolute Gasteiger partial charge is 0.306 e. The highest BCUT2D eigenvalue weighted by molar-refractivity contribution is 5.71. The van der Waals surface area contributed by atoms with Gasteiger partial charge >= 0.3 is 17.9 Å². The lowest BCUT2D eigenvalue weighted by Crippen LogP contribution is -2.30. The highest BCUT2D eigenvalue weighted by atomic mass is 16.6. The van der Waals surface area contributed by atoms with E-state index in [-0.39, 0.29) is 31.1 Å². The molecule has 6 nitrogen and oxygen atoms in total. The molecule has 0 saturated carbocycles. The highest BCUT2D eigenvalue weighted by Gasteiger charge is 2.19. The molecule has 0 aromatic rings. The Morgan fingerprint density at radius 2 is 0.542 bits per heavy atom. The van der Waals surface area contributed by atoms with E-state index in [1.807, 2.05) is 0 Å². The summed E-state index contributed by atoms with van der Waals surface area (Å²) in [6.45, 7) is 6.47. The number of unbranched alkanes of at least 4 members (excludes halogenated alkanes) is 24. The standard InChI is InChI=1S/C66H110O6/c1-4-7-10-13-16-19-22-24-26-28-30-32-33-35-36-38-40-42-44-47-50-53-56-59-65(68)71-62-63(61-70-64(67)58-55-52-49-46-21-18-15-12-9-6-3)72-66(69)60-57-54-51-48-45-43-41-39-37-34-31-29-27-25-23-20-17-14-11-8-5-2/h7,10,16,19,23-26,29-32,35-37,39-40,42,63H,4-6,8-9,11-15,17-18,20-22,27-28,33-34,38,41,43-62H2,1-3H3/b10-7-,19-16-,25-23-,26-24-,31-29-,32-30-,36-35-,39-37-,42-40-. The van der Waals surface area contributed by atoms with Crippen molar-refractivity contribution < 1.29 is 28.6 Å². The summed E-state index contributed by atoms with van der Waals surface area (Å²) in [5.74, 6) is -0.930. The van der Waals surface area contributed by atoms with Crippen LogP contribution in [0.25, 0.3) is 0 Å². The normalized spacial score (nSPS) is 12.9. The molecule has 72 heavy (non-hydrogen) atoms. The summed E-state index contributed by atoms with van der Waals surface area (Å²) in [6, 6.07) is 0. The highest BCUT2D eigenvalue weighted by Crippen LogP contribution is 2.14. The maximum atomic E-state index is 12.9. The third-order valence-corrected chi connectivity index (χ3v) is 12.5. The SMILES string of the molecule is CC/C=C\C/C=C\C/C=C\C/C=C\C/C=C\C/C=C\CCCCCCC(=O)OCC(COC(=O)CCCCCCCCCCCC)OC(=O)CCCCCCCC/C=C\C/C=C\C/C=C\CCCCCCC. The number of ether oxygens (including phenoxy) is 3. The van der Waals surface area contributed by atoms with Crippen LogP contribution < -0.4 is 0 Å². The lowest BCUT2D eigenvalue weighted by atomic mass is 10.1. The van der Waals surface area contributed by atoms with Gasteiger partial charge < -0.3 is 14.2 Å². The molecule has 410 valence electrons. The van der Waals surface area contributed by atoms with E-state index >= 15 is 0 Å². The lowest BCUT2D eigenvalue weighted by Gasteiger charge is -2.18. The Morgan fingerprint density at radius 3 is 0.847 bits per heavy atom. The van der Waals surface area contributed by atoms with E-state index in [1.165, 1.54) is 96.3 Å². The Bertz CT molecular complexity index is 1470. The molecule has 0 N–H and O–H groups in total. The van der Waals surface area contributed by atoms with Crippen LogP contribution in [-0.4, -0.2) is 37.2 Å². The first-order valence-electron chi connectivity index (χ1n) is 29.9. The molecule has 0 aliphatic carbocycles. The van der Waals surface area contributed by atoms with Crippen LogP contribution in [0, 0.1) is 0 Å². The fourth-order valence-corrected chi connectivity index (χ4v) is 8.04. The van der Waals surface area contributed by atoms with E-state index in [9.17, 15) is 14.4 Å². The number of rotatable bonds is 53. The first kappa shape index (κ1) is 68.1. The van der Waals surface area contributed by atoms with E-state index in [1.54, 1.807) is 0 Å². The van der Waals surface area contributed by atoms with Crippen molar-refractivity contribution in [1.82, 2.24) is 0 Å². The molecule has 0 bridgehead atoms. The van der Waals surface area contributed by atoms with Gasteiger partial charge in [-0.25, -0.2) is 0 Å². The Hall–Kier alpha value is -3.93. The molecule has 1 unspecified atom stereocenters. The summed E-state index contributed by atoms with van der Waals surface area (Å²) in [5.41, 5.74) is 0. The largest absolute Gasteiger partial charge is 0.462 e. The summed E-state index contributed by atoms with van der Waals surface area (Å²) >= 11 is 0. The Labute approximate surface area is 444 Å². The van der Waals surface area contributed by atoms with Crippen molar-refractivity contribution >= 4 is 17.9 Å². The molecule has 6 heteroatoms. The monoisotopic (exact) mass is 999 g/mol. The molecule has 0 fully saturated rings. The molecule has 0 aromatic heterocycles. The van der Waals surface area contributed by atoms with Gasteiger partial charge in [0.1, 0.15) is 13.2 Å². The second-order valence-corrected chi connectivity index (χ2v) is 19.5. The summed E-state index contributed by atoms with van der Waals surface area (Å²) < 4.78 is 16.8. The molecule has 0 aliphatic heterocycles. The topological polar surface area (TPSA) is 78.9 Å². The Kier molecular flexibility index (Phi) is 56.4. The molecular weight excluding hydrogens is 889 g/mol. The van der Waals surface area contributed by atoms with Crippen molar-refractivity contribution in [3.05, 3.63) is 109 Å². The fourth-order valence-electron chi connectivity index (χ4n) is 8.04. The van der Waals surface area contributed by atoms with Gasteiger partial charge in [0.05, 0.1) is 0 Å². The second kappa shape index (κ2) is 59.6. The van der Waals surface area contributed by atoms with Crippen LogP contribution in [0.4, 0.5) is 0 Å². The number of allylic oxidation sites excluding steroid dienone is 18. The van der Waals surface area contributed by atoms with Crippen molar-refractivity contribution in [3.8, 4) is 0 Å². The molecule has 0 aliphatic rings. The van der Waals surface area contributed by atoms with Gasteiger partial charge in [-0.05, 0) is 109 Å². The maximum Gasteiger partial charge on any atom is 0.306 e. The zero-order valence-corrected chi connectivity index (χ0v) is 46.9. The van der Waals surface area contributed by atoms with Gasteiger partial charge in [0.25, 0.3) is 0 Å². The van der Waals surface area contributed by atoms with Crippen molar-refractivity contribution in [2.24, 2.45) is 0 Å². The van der Waals surface area contributed by atoms with Gasteiger partial charge in [0, 0.05) is 19.3 Å². The second-order valence-electron chi connectivity index (χ2n) is 19.5. The number of carbonyl (C=O) groups is 3. The number of esters is 3. The quantitative estimate of drug-likeness (QED) is 0.0261. The molecule has 0 spiro atoms. The molecule has 0 radical (unpaired) electrons. The van der Waals surface area contributed by atoms with E-state index in [2.05, 4.69) is 130 Å². The zero-order chi connectivity index (χ0) is 52.2. The van der Waals surface area contributed by atoms with Gasteiger partial charge in [-0.15, -0.1) is 0 Å². The van der Waals surface area contributed by atoms with Gasteiger partial charge in [-0.3, -0.25) is 14.4 Å². The zero-order valence-electron chi connectivity index (χ0n) is 46.9. The van der Waals surface area contributed by atoms with E-state index in [4.69, 9.17) is 14.2 Å². The van der Waals surface area contributed by atoms with Crippen LogP contribution in [0.5, 0.6) is 0 Å². The van der Waals surface area contributed by atoms with Crippen molar-refractivity contribution in [2.75, 3.05) is 13.2 Å². The van der Waals surface area contributed by atoms with E-state index in [0.717, 1.165) is 135 Å². The predicted molar refractivity (Wildman–Crippen MR) is 311 cm³/mol. The van der Waals surface area contributed by atoms with Gasteiger partial charge in [-0.1, -0.05) is 252 Å². The van der Waals surface area contributed by atoms with E-state index in [0.29, 0.717) is 19.3 Å². The number of carbonyl (C=O) groups excluding carboxylic acids is 3. The minimum Gasteiger partial charge on any atom is -0.462 e. The maximum absolute atomic E-state index is 12.9. The van der Waals surface area contributed by atoms with Crippen molar-refractivity contribution in [2.45, 2.75) is 277 Å². The van der Waals surface area contributed by atoms with Gasteiger partial charge in [0.15, 0.2) is 6.10 Å². The third kappa shape index (κ3) is 57.0. The van der Waals surface area contributed by atoms with Crippen LogP contribution in [0.2, 0.25) is 0 Å². The lowest BCUT2D eigenvalue weighted by molar-refractivity contribution is -0.167. The average Bonchev–Trinajstić information content (AvgIpc) is 3.38. The molecule has 0 heterocycles. The molecule has 0 amide bonds. The Balaban J connectivity index is 4.39. The molecule has 1 atom stereocenters. The number of hydrogen-bond acceptors (Lipinski definition) is 6. The summed E-state index contributed by atoms with van der Waals surface area (Å²) in [5, 5.41) is 0. The first-order chi connectivity index (χ1) is 35.5. The van der Waals surface area contributed by atoms with Crippen LogP contribution in [-0.2, 0) is 28.6 Å².